The first-order valence-electron chi connectivity index (χ1n) is 11.3. The molecule has 3 atom stereocenters. The minimum absolute atomic E-state index is 0.0766. The third-order valence-electron chi connectivity index (χ3n) is 6.17. The second-order valence-corrected chi connectivity index (χ2v) is 8.46. The summed E-state index contributed by atoms with van der Waals surface area (Å²) in [5.41, 5.74) is 2.48. The molecule has 3 aromatic rings. The number of amides is 2. The van der Waals surface area contributed by atoms with Gasteiger partial charge in [0.1, 0.15) is 0 Å². The van der Waals surface area contributed by atoms with Crippen molar-refractivity contribution in [3.63, 3.8) is 0 Å². The van der Waals surface area contributed by atoms with Crippen LogP contribution in [0.4, 0.5) is 0 Å². The lowest BCUT2D eigenvalue weighted by Crippen LogP contribution is -2.77. The summed E-state index contributed by atoms with van der Waals surface area (Å²) in [6.45, 7) is 4.03. The van der Waals surface area contributed by atoms with Crippen LogP contribution in [0.5, 0.6) is 0 Å². The lowest BCUT2D eigenvalue weighted by molar-refractivity contribution is -0.204. The summed E-state index contributed by atoms with van der Waals surface area (Å²) in [6.07, 6.45) is -1.42. The maximum Gasteiger partial charge on any atom is 0.334 e. The predicted octanol–water partition coefficient (Wildman–Crippen LogP) is 3.24. The Morgan fingerprint density at radius 2 is 1.46 bits per heavy atom. The third kappa shape index (κ3) is 4.34. The van der Waals surface area contributed by atoms with Gasteiger partial charge in [-0.3, -0.25) is 14.5 Å². The molecule has 2 saturated heterocycles. The van der Waals surface area contributed by atoms with Gasteiger partial charge in [0.05, 0.1) is 6.61 Å². The standard InChI is InChI=1S/C28H24N2O5/c1-18-17-34-27-22(29-25(31)21-15-9-4-10-16-21)26(32)30(27)23(18)28(33)35-24(19-11-5-2-6-12-19)20-13-7-3-8-14-20/h2-16,22-24,27H,1,17H2,(H,29,31). The molecule has 5 rings (SSSR count). The topological polar surface area (TPSA) is 84.9 Å². The highest BCUT2D eigenvalue weighted by molar-refractivity contribution is 6.01. The molecular weight excluding hydrogens is 444 g/mol. The van der Waals surface area contributed by atoms with Crippen molar-refractivity contribution in [1.82, 2.24) is 10.2 Å². The van der Waals surface area contributed by atoms with E-state index in [0.29, 0.717) is 11.1 Å². The molecule has 2 amide bonds. The number of nitrogens with one attached hydrogen (secondary N) is 1. The second kappa shape index (κ2) is 9.56. The molecule has 176 valence electrons. The van der Waals surface area contributed by atoms with E-state index in [9.17, 15) is 14.4 Å². The first kappa shape index (κ1) is 22.6. The number of ether oxygens (including phenoxy) is 2. The van der Waals surface area contributed by atoms with E-state index in [2.05, 4.69) is 11.9 Å². The summed E-state index contributed by atoms with van der Waals surface area (Å²) in [4.78, 5) is 40.3. The molecule has 1 N–H and O–H groups in total. The largest absolute Gasteiger partial charge is 0.451 e. The number of fused-ring (bicyclic) bond motifs is 1. The zero-order valence-electron chi connectivity index (χ0n) is 18.9. The molecule has 0 saturated carbocycles. The Kier molecular flexibility index (Phi) is 6.16. The molecule has 2 aliphatic heterocycles. The average Bonchev–Trinajstić information content (AvgIpc) is 2.91. The molecule has 7 heteroatoms. The van der Waals surface area contributed by atoms with Crippen LogP contribution in [0, 0.1) is 0 Å². The summed E-state index contributed by atoms with van der Waals surface area (Å²) >= 11 is 0. The minimum Gasteiger partial charge on any atom is -0.451 e. The highest BCUT2D eigenvalue weighted by Gasteiger charge is 2.57. The lowest BCUT2D eigenvalue weighted by Gasteiger charge is -2.52. The fourth-order valence-corrected chi connectivity index (χ4v) is 4.40. The predicted molar refractivity (Wildman–Crippen MR) is 128 cm³/mol. The van der Waals surface area contributed by atoms with Crippen molar-refractivity contribution in [1.29, 1.82) is 0 Å². The van der Waals surface area contributed by atoms with Gasteiger partial charge in [0.15, 0.2) is 24.4 Å². The van der Waals surface area contributed by atoms with Gasteiger partial charge in [0.2, 0.25) is 0 Å². The average molecular weight is 469 g/mol. The zero-order valence-corrected chi connectivity index (χ0v) is 18.9. The maximum atomic E-state index is 13.4. The van der Waals surface area contributed by atoms with Gasteiger partial charge < -0.3 is 14.8 Å². The van der Waals surface area contributed by atoms with Crippen LogP contribution in [0.3, 0.4) is 0 Å². The number of rotatable bonds is 6. The Morgan fingerprint density at radius 1 is 0.914 bits per heavy atom. The molecule has 35 heavy (non-hydrogen) atoms. The number of β-lactam (4-membered cyclic amide) rings is 1. The number of hydrogen-bond donors (Lipinski definition) is 1. The van der Waals surface area contributed by atoms with Crippen molar-refractivity contribution in [3.05, 3.63) is 120 Å². The fraction of sp³-hybridized carbons (Fsp3) is 0.179. The van der Waals surface area contributed by atoms with Crippen LogP contribution in [0.1, 0.15) is 27.6 Å². The first-order chi connectivity index (χ1) is 17.0. The Bertz CT molecular complexity index is 1210. The van der Waals surface area contributed by atoms with Crippen molar-refractivity contribution in [2.24, 2.45) is 0 Å². The van der Waals surface area contributed by atoms with Crippen LogP contribution in [-0.2, 0) is 19.1 Å². The van der Waals surface area contributed by atoms with E-state index in [-0.39, 0.29) is 12.5 Å². The number of nitrogens with zero attached hydrogens (tertiary/aromatic N) is 1. The molecule has 7 nitrogen and oxygen atoms in total. The molecule has 3 aromatic carbocycles. The van der Waals surface area contributed by atoms with Crippen LogP contribution in [0.2, 0.25) is 0 Å². The highest BCUT2D eigenvalue weighted by Crippen LogP contribution is 2.35. The molecule has 0 aromatic heterocycles. The van der Waals surface area contributed by atoms with E-state index in [0.717, 1.165) is 11.1 Å². The molecule has 2 heterocycles. The maximum absolute atomic E-state index is 13.4. The molecule has 0 radical (unpaired) electrons. The van der Waals surface area contributed by atoms with Crippen LogP contribution in [-0.4, -0.2) is 47.6 Å². The number of hydrogen-bond acceptors (Lipinski definition) is 5. The second-order valence-electron chi connectivity index (χ2n) is 8.46. The highest BCUT2D eigenvalue weighted by atomic mass is 16.6. The van der Waals surface area contributed by atoms with Crippen LogP contribution >= 0.6 is 0 Å². The van der Waals surface area contributed by atoms with Gasteiger partial charge in [0.25, 0.3) is 11.8 Å². The van der Waals surface area contributed by atoms with Gasteiger partial charge in [-0.25, -0.2) is 4.79 Å². The molecule has 0 aliphatic carbocycles. The number of esters is 1. The van der Waals surface area contributed by atoms with Crippen LogP contribution in [0.15, 0.2) is 103 Å². The molecule has 2 aliphatic rings. The summed E-state index contributed by atoms with van der Waals surface area (Å²) in [5, 5.41) is 2.71. The third-order valence-corrected chi connectivity index (χ3v) is 6.17. The fourth-order valence-electron chi connectivity index (χ4n) is 4.40. The number of carbonyl (C=O) groups excluding carboxylic acids is 3. The number of carbonyl (C=O) groups is 3. The van der Waals surface area contributed by atoms with Crippen LogP contribution in [0.25, 0.3) is 0 Å². The van der Waals surface area contributed by atoms with Crippen molar-refractivity contribution in [3.8, 4) is 0 Å². The summed E-state index contributed by atoms with van der Waals surface area (Å²) in [5.74, 6) is -1.40. The van der Waals surface area contributed by atoms with Crippen molar-refractivity contribution in [2.45, 2.75) is 24.4 Å². The lowest BCUT2D eigenvalue weighted by atomic mass is 9.94. The van der Waals surface area contributed by atoms with Gasteiger partial charge in [-0.2, -0.15) is 0 Å². The van der Waals surface area contributed by atoms with E-state index in [1.807, 2.05) is 60.7 Å². The van der Waals surface area contributed by atoms with E-state index in [1.165, 1.54) is 4.90 Å². The molecular formula is C28H24N2O5. The minimum atomic E-state index is -0.999. The Labute approximate surface area is 203 Å². The molecule has 0 spiro atoms. The van der Waals surface area contributed by atoms with E-state index >= 15 is 0 Å². The van der Waals surface area contributed by atoms with E-state index in [1.54, 1.807) is 30.3 Å². The van der Waals surface area contributed by atoms with E-state index in [4.69, 9.17) is 9.47 Å². The van der Waals surface area contributed by atoms with E-state index < -0.39 is 36.3 Å². The van der Waals surface area contributed by atoms with Crippen molar-refractivity contribution < 1.29 is 23.9 Å². The molecule has 2 fully saturated rings. The Balaban J connectivity index is 1.34. The van der Waals surface area contributed by atoms with Gasteiger partial charge in [-0.15, -0.1) is 0 Å². The molecule has 3 unspecified atom stereocenters. The first-order valence-corrected chi connectivity index (χ1v) is 11.3. The summed E-state index contributed by atoms with van der Waals surface area (Å²) in [7, 11) is 0. The van der Waals surface area contributed by atoms with Crippen molar-refractivity contribution in [2.75, 3.05) is 6.61 Å². The zero-order chi connectivity index (χ0) is 24.4. The summed E-state index contributed by atoms with van der Waals surface area (Å²) < 4.78 is 11.7. The van der Waals surface area contributed by atoms with Gasteiger partial charge in [-0.1, -0.05) is 85.4 Å². The van der Waals surface area contributed by atoms with Gasteiger partial charge in [-0.05, 0) is 28.8 Å². The molecule has 0 bridgehead atoms. The quantitative estimate of drug-likeness (QED) is 0.341. The number of benzene rings is 3. The monoisotopic (exact) mass is 468 g/mol. The Morgan fingerprint density at radius 3 is 2.03 bits per heavy atom. The van der Waals surface area contributed by atoms with Crippen molar-refractivity contribution >= 4 is 17.8 Å². The Hall–Kier alpha value is -4.23. The summed E-state index contributed by atoms with van der Waals surface area (Å²) in [6, 6.07) is 25.6. The normalized spacial score (nSPS) is 21.2. The van der Waals surface area contributed by atoms with Crippen LogP contribution < -0.4 is 5.32 Å². The van der Waals surface area contributed by atoms with Gasteiger partial charge >= 0.3 is 5.97 Å². The van der Waals surface area contributed by atoms with Gasteiger partial charge in [0, 0.05) is 5.56 Å². The SMILES string of the molecule is C=C1COC2C(NC(=O)c3ccccc3)C(=O)N2C1C(=O)OC(c1ccccc1)c1ccccc1. The smallest absolute Gasteiger partial charge is 0.334 e.